The van der Waals surface area contributed by atoms with Crippen LogP contribution in [0.5, 0.6) is 0 Å². The van der Waals surface area contributed by atoms with Crippen molar-refractivity contribution in [3.63, 3.8) is 0 Å². The van der Waals surface area contributed by atoms with Crippen LogP contribution in [0.25, 0.3) is 0 Å². The lowest BCUT2D eigenvalue weighted by Crippen LogP contribution is -2.08. The van der Waals surface area contributed by atoms with Gasteiger partial charge in [0.2, 0.25) is 0 Å². The Balaban J connectivity index is 2.24. The quantitative estimate of drug-likeness (QED) is 0.624. The van der Waals surface area contributed by atoms with E-state index in [0.717, 1.165) is 6.29 Å². The molecule has 1 aromatic rings. The van der Waals surface area contributed by atoms with Gasteiger partial charge >= 0.3 is 5.97 Å². The molecular weight excluding hydrogens is 252 g/mol. The summed E-state index contributed by atoms with van der Waals surface area (Å²) in [6, 6.07) is 6.31. The van der Waals surface area contributed by atoms with E-state index in [2.05, 4.69) is 32.0 Å². The second-order valence-electron chi connectivity index (χ2n) is 5.31. The van der Waals surface area contributed by atoms with Gasteiger partial charge in [-0.3, -0.25) is 4.79 Å². The number of hydrogen-bond acceptors (Lipinski definition) is 3. The van der Waals surface area contributed by atoms with Crippen molar-refractivity contribution in [3.8, 4) is 0 Å². The maximum absolute atomic E-state index is 11.9. The lowest BCUT2D eigenvalue weighted by molar-refractivity contribution is -0.138. The van der Waals surface area contributed by atoms with Gasteiger partial charge in [0, 0.05) is 11.1 Å². The van der Waals surface area contributed by atoms with E-state index in [4.69, 9.17) is 4.74 Å². The Morgan fingerprint density at radius 2 is 2.10 bits per heavy atom. The van der Waals surface area contributed by atoms with Gasteiger partial charge in [0.25, 0.3) is 0 Å². The second kappa shape index (κ2) is 6.04. The van der Waals surface area contributed by atoms with E-state index in [1.807, 2.05) is 0 Å². The number of hydrogen-bond donors (Lipinski definition) is 0. The number of aldehydes is 1. The molecule has 2 rings (SSSR count). The maximum Gasteiger partial charge on any atom is 0.334 e. The van der Waals surface area contributed by atoms with Gasteiger partial charge in [0.15, 0.2) is 0 Å². The number of ether oxygens (including phenoxy) is 1. The average molecular weight is 272 g/mol. The van der Waals surface area contributed by atoms with Crippen LogP contribution in [0.1, 0.15) is 42.4 Å². The van der Waals surface area contributed by atoms with Crippen LogP contribution in [0.4, 0.5) is 0 Å². The fraction of sp³-hybridized carbons (Fsp3) is 0.412. The molecule has 106 valence electrons. The van der Waals surface area contributed by atoms with Crippen LogP contribution in [0, 0.1) is 13.8 Å². The van der Waals surface area contributed by atoms with Crippen LogP contribution in [0.15, 0.2) is 29.3 Å². The van der Waals surface area contributed by atoms with Crippen LogP contribution in [0.2, 0.25) is 0 Å². The van der Waals surface area contributed by atoms with Gasteiger partial charge in [0.05, 0.1) is 6.61 Å². The zero-order valence-corrected chi connectivity index (χ0v) is 12.2. The minimum Gasteiger partial charge on any atom is -0.463 e. The van der Waals surface area contributed by atoms with E-state index in [1.54, 1.807) is 6.92 Å². The van der Waals surface area contributed by atoms with E-state index in [9.17, 15) is 9.59 Å². The van der Waals surface area contributed by atoms with E-state index in [0.29, 0.717) is 30.6 Å². The molecule has 0 aromatic heterocycles. The summed E-state index contributed by atoms with van der Waals surface area (Å²) in [6.45, 7) is 6.24. The normalized spacial score (nSPS) is 18.2. The fourth-order valence-corrected chi connectivity index (χ4v) is 2.89. The molecule has 1 unspecified atom stereocenters. The molecule has 0 aliphatic heterocycles. The maximum atomic E-state index is 11.9. The number of esters is 1. The Morgan fingerprint density at radius 3 is 2.70 bits per heavy atom. The molecule has 0 fully saturated rings. The fourth-order valence-electron chi connectivity index (χ4n) is 2.89. The smallest absolute Gasteiger partial charge is 0.334 e. The summed E-state index contributed by atoms with van der Waals surface area (Å²) in [4.78, 5) is 23.1. The van der Waals surface area contributed by atoms with Crippen LogP contribution in [-0.2, 0) is 14.3 Å². The first-order valence-electron chi connectivity index (χ1n) is 6.98. The van der Waals surface area contributed by atoms with Crippen molar-refractivity contribution < 1.29 is 14.3 Å². The molecule has 0 amide bonds. The Hall–Kier alpha value is -1.90. The second-order valence-corrected chi connectivity index (χ2v) is 5.31. The molecule has 3 nitrogen and oxygen atoms in total. The van der Waals surface area contributed by atoms with Gasteiger partial charge in [0.1, 0.15) is 6.29 Å². The Kier molecular flexibility index (Phi) is 4.38. The molecule has 0 spiro atoms. The molecule has 1 aliphatic rings. The first-order chi connectivity index (χ1) is 9.56. The summed E-state index contributed by atoms with van der Waals surface area (Å²) in [6.07, 6.45) is 2.02. The Morgan fingerprint density at radius 1 is 1.35 bits per heavy atom. The molecule has 3 heteroatoms. The summed E-state index contributed by atoms with van der Waals surface area (Å²) < 4.78 is 5.04. The lowest BCUT2D eigenvalue weighted by Gasteiger charge is -2.14. The zero-order chi connectivity index (χ0) is 14.7. The highest BCUT2D eigenvalue weighted by Crippen LogP contribution is 2.39. The van der Waals surface area contributed by atoms with Crippen molar-refractivity contribution in [1.29, 1.82) is 0 Å². The van der Waals surface area contributed by atoms with Gasteiger partial charge in [-0.05, 0) is 50.7 Å². The molecule has 0 bridgehead atoms. The van der Waals surface area contributed by atoms with E-state index >= 15 is 0 Å². The van der Waals surface area contributed by atoms with Gasteiger partial charge in [-0.1, -0.05) is 23.8 Å². The first kappa shape index (κ1) is 14.5. The third kappa shape index (κ3) is 2.82. The molecular formula is C17H20O3. The minimum atomic E-state index is -0.345. The van der Waals surface area contributed by atoms with Crippen molar-refractivity contribution in [2.75, 3.05) is 6.61 Å². The third-order valence-electron chi connectivity index (χ3n) is 3.83. The monoisotopic (exact) mass is 272 g/mol. The number of carbonyl (C=O) groups excluding carboxylic acids is 2. The average Bonchev–Trinajstić information content (AvgIpc) is 2.83. The number of aryl methyl sites for hydroxylation is 2. The molecule has 20 heavy (non-hydrogen) atoms. The Labute approximate surface area is 119 Å². The predicted molar refractivity (Wildman–Crippen MR) is 77.6 cm³/mol. The standard InChI is InChI=1S/C17H20O3/c1-4-20-17(19)16-9-13(8-14(16)10-18)15-6-5-11(2)7-12(15)3/h5-7,10,13H,4,8-9H2,1-3H3. The lowest BCUT2D eigenvalue weighted by atomic mass is 9.90. The molecule has 0 saturated carbocycles. The Bertz CT molecular complexity index is 570. The van der Waals surface area contributed by atoms with Crippen LogP contribution >= 0.6 is 0 Å². The molecule has 0 saturated heterocycles. The largest absolute Gasteiger partial charge is 0.463 e. The summed E-state index contributed by atoms with van der Waals surface area (Å²) in [5.74, 6) is -0.142. The van der Waals surface area contributed by atoms with Crippen molar-refractivity contribution >= 4 is 12.3 Å². The highest BCUT2D eigenvalue weighted by Gasteiger charge is 2.30. The minimum absolute atomic E-state index is 0.204. The first-order valence-corrected chi connectivity index (χ1v) is 6.98. The third-order valence-corrected chi connectivity index (χ3v) is 3.83. The molecule has 0 heterocycles. The topological polar surface area (TPSA) is 43.4 Å². The van der Waals surface area contributed by atoms with Crippen LogP contribution in [0.3, 0.4) is 0 Å². The van der Waals surface area contributed by atoms with E-state index < -0.39 is 0 Å². The number of allylic oxidation sites excluding steroid dienone is 1. The van der Waals surface area contributed by atoms with E-state index in [-0.39, 0.29) is 11.9 Å². The summed E-state index contributed by atoms with van der Waals surface area (Å²) in [5.41, 5.74) is 4.79. The summed E-state index contributed by atoms with van der Waals surface area (Å²) >= 11 is 0. The highest BCUT2D eigenvalue weighted by atomic mass is 16.5. The molecule has 1 atom stereocenters. The van der Waals surface area contributed by atoms with Gasteiger partial charge in [-0.25, -0.2) is 4.79 Å². The molecule has 0 N–H and O–H groups in total. The highest BCUT2D eigenvalue weighted by molar-refractivity contribution is 5.96. The van der Waals surface area contributed by atoms with Crippen molar-refractivity contribution in [3.05, 3.63) is 46.0 Å². The van der Waals surface area contributed by atoms with E-state index in [1.165, 1.54) is 16.7 Å². The number of benzene rings is 1. The molecule has 0 radical (unpaired) electrons. The van der Waals surface area contributed by atoms with Gasteiger partial charge in [-0.15, -0.1) is 0 Å². The SMILES string of the molecule is CCOC(=O)C1=C(C=O)CC(c2ccc(C)cc2C)C1. The molecule has 1 aliphatic carbocycles. The summed E-state index contributed by atoms with van der Waals surface area (Å²) in [7, 11) is 0. The van der Waals surface area contributed by atoms with Gasteiger partial charge in [-0.2, -0.15) is 0 Å². The predicted octanol–water partition coefficient (Wildman–Crippen LogP) is 3.24. The van der Waals surface area contributed by atoms with Crippen molar-refractivity contribution in [2.45, 2.75) is 39.5 Å². The zero-order valence-electron chi connectivity index (χ0n) is 12.2. The van der Waals surface area contributed by atoms with Gasteiger partial charge < -0.3 is 4.74 Å². The summed E-state index contributed by atoms with van der Waals surface area (Å²) in [5, 5.41) is 0. The number of rotatable bonds is 4. The van der Waals surface area contributed by atoms with Crippen LogP contribution in [-0.4, -0.2) is 18.9 Å². The van der Waals surface area contributed by atoms with Crippen LogP contribution < -0.4 is 0 Å². The van der Waals surface area contributed by atoms with Crippen molar-refractivity contribution in [2.24, 2.45) is 0 Å². The van der Waals surface area contributed by atoms with Crippen molar-refractivity contribution in [1.82, 2.24) is 0 Å². The number of carbonyl (C=O) groups is 2. The molecule has 1 aromatic carbocycles.